The van der Waals surface area contributed by atoms with Crippen LogP contribution in [0.1, 0.15) is 52.0 Å². The van der Waals surface area contributed by atoms with Crippen LogP contribution in [0.2, 0.25) is 0 Å². The number of hydrogen-bond acceptors (Lipinski definition) is 6. The van der Waals surface area contributed by atoms with Gasteiger partial charge in [0.15, 0.2) is 5.75 Å². The maximum atomic E-state index is 7.73. The Balaban J connectivity index is 1.71. The zero-order chi connectivity index (χ0) is 25.3. The summed E-state index contributed by atoms with van der Waals surface area (Å²) >= 11 is 1.65. The number of hydrogen-bond donors (Lipinski definition) is 2. The highest BCUT2D eigenvalue weighted by Gasteiger charge is 2.23. The summed E-state index contributed by atoms with van der Waals surface area (Å²) in [6.07, 6.45) is 4.08. The Labute approximate surface area is 217 Å². The number of benzene rings is 3. The Morgan fingerprint density at radius 2 is 1.75 bits per heavy atom. The first-order chi connectivity index (χ1) is 17.6. The topological polar surface area (TPSA) is 70.6 Å². The van der Waals surface area contributed by atoms with Crippen molar-refractivity contribution in [2.24, 2.45) is 5.11 Å². The molecule has 188 valence electrons. The molecule has 0 saturated heterocycles. The van der Waals surface area contributed by atoms with Crippen molar-refractivity contribution in [2.75, 3.05) is 11.9 Å². The number of nitrogens with zero attached hydrogens (tertiary/aromatic N) is 2. The van der Waals surface area contributed by atoms with Crippen LogP contribution >= 0.6 is 11.3 Å². The zero-order valence-electron chi connectivity index (χ0n) is 21.3. The van der Waals surface area contributed by atoms with Gasteiger partial charge in [0.25, 0.3) is 0 Å². The molecule has 0 unspecified atom stereocenters. The van der Waals surface area contributed by atoms with Gasteiger partial charge in [0.1, 0.15) is 29.2 Å². The Hall–Kier alpha value is -3.45. The molecule has 7 heteroatoms. The third-order valence-electron chi connectivity index (χ3n) is 6.16. The lowest BCUT2D eigenvalue weighted by Crippen LogP contribution is -2.35. The lowest BCUT2D eigenvalue weighted by Gasteiger charge is -2.16. The van der Waals surface area contributed by atoms with E-state index in [9.17, 15) is 0 Å². The van der Waals surface area contributed by atoms with E-state index >= 15 is 0 Å². The fourth-order valence-electron chi connectivity index (χ4n) is 4.02. The minimum atomic E-state index is 0.0971. The molecule has 0 aliphatic carbocycles. The number of rotatable bonds is 13. The van der Waals surface area contributed by atoms with E-state index in [2.05, 4.69) is 60.0 Å². The summed E-state index contributed by atoms with van der Waals surface area (Å²) in [5, 5.41) is 8.39. The van der Waals surface area contributed by atoms with Crippen LogP contribution in [-0.2, 0) is 6.54 Å². The summed E-state index contributed by atoms with van der Waals surface area (Å²) in [5.74, 6) is 1.54. The summed E-state index contributed by atoms with van der Waals surface area (Å²) in [6.45, 7) is 7.85. The minimum Gasteiger partial charge on any atom is -0.494 e. The monoisotopic (exact) mass is 503 g/mol. The first kappa shape index (κ1) is 25.6. The van der Waals surface area contributed by atoms with Crippen LogP contribution in [0.5, 0.6) is 11.5 Å². The van der Waals surface area contributed by atoms with Gasteiger partial charge in [0.05, 0.1) is 17.4 Å². The Bertz CT molecular complexity index is 1270. The van der Waals surface area contributed by atoms with Crippen molar-refractivity contribution >= 4 is 38.1 Å². The molecule has 0 amide bonds. The predicted octanol–water partition coefficient (Wildman–Crippen LogP) is 8.39. The summed E-state index contributed by atoms with van der Waals surface area (Å²) in [5.41, 5.74) is 11.5. The molecule has 1 aromatic heterocycles. The Kier molecular flexibility index (Phi) is 8.90. The standard InChI is InChI=1S/C29H34N4O2S/c1-4-7-17-34-24-15-13-22(14-16-24)31-29-33(20-21-11-9-8-10-12-21)26-19-27(35-23(5-2)6-3)25(32-30)18-28(26)36-29/h8-16,18-19,23,30H,4-7,17,20H2,1-3H3/p+1. The van der Waals surface area contributed by atoms with Gasteiger partial charge in [0.2, 0.25) is 0 Å². The first-order valence-electron chi connectivity index (χ1n) is 12.7. The number of unbranched alkanes of at least 4 members (excludes halogenated alkanes) is 1. The summed E-state index contributed by atoms with van der Waals surface area (Å²) in [6, 6.07) is 22.5. The van der Waals surface area contributed by atoms with E-state index in [4.69, 9.17) is 15.0 Å². The van der Waals surface area contributed by atoms with E-state index in [1.807, 2.05) is 42.5 Å². The highest BCUT2D eigenvalue weighted by Crippen LogP contribution is 2.37. The van der Waals surface area contributed by atoms with Gasteiger partial charge in [-0.3, -0.25) is 0 Å². The van der Waals surface area contributed by atoms with Crippen LogP contribution in [0, 0.1) is 5.53 Å². The quantitative estimate of drug-likeness (QED) is 0.109. The van der Waals surface area contributed by atoms with E-state index < -0.39 is 0 Å². The summed E-state index contributed by atoms with van der Waals surface area (Å²) < 4.78 is 15.4. The molecule has 0 spiro atoms. The smallest absolute Gasteiger partial charge is 0.340 e. The molecular formula is C29H35N4O2S+. The molecule has 36 heavy (non-hydrogen) atoms. The number of fused-ring (bicyclic) bond motifs is 1. The van der Waals surface area contributed by atoms with Crippen LogP contribution < -0.4 is 19.4 Å². The predicted molar refractivity (Wildman–Crippen MR) is 147 cm³/mol. The third kappa shape index (κ3) is 6.21. The number of ether oxygens (including phenoxy) is 2. The molecule has 2 N–H and O–H groups in total. The first-order valence-corrected chi connectivity index (χ1v) is 13.5. The van der Waals surface area contributed by atoms with Crippen molar-refractivity contribution in [1.82, 2.24) is 0 Å². The van der Waals surface area contributed by atoms with Crippen molar-refractivity contribution in [3.63, 3.8) is 0 Å². The second-order valence-corrected chi connectivity index (χ2v) is 9.82. The maximum Gasteiger partial charge on any atom is 0.340 e. The van der Waals surface area contributed by atoms with Gasteiger partial charge in [-0.1, -0.05) is 57.5 Å². The normalized spacial score (nSPS) is 11.1. The Morgan fingerprint density at radius 1 is 1.00 bits per heavy atom. The molecule has 1 heterocycles. The van der Waals surface area contributed by atoms with Gasteiger partial charge < -0.3 is 9.47 Å². The summed E-state index contributed by atoms with van der Waals surface area (Å²) in [7, 11) is 0. The van der Waals surface area contributed by atoms with E-state index in [0.717, 1.165) is 59.1 Å². The second kappa shape index (κ2) is 12.5. The number of aromatic nitrogens is 1. The van der Waals surface area contributed by atoms with E-state index in [1.165, 1.54) is 5.56 Å². The highest BCUT2D eigenvalue weighted by atomic mass is 32.1. The van der Waals surface area contributed by atoms with E-state index in [-0.39, 0.29) is 6.10 Å². The lowest BCUT2D eigenvalue weighted by molar-refractivity contribution is -0.644. The number of thiazole rings is 1. The molecule has 0 bridgehead atoms. The molecule has 6 nitrogen and oxygen atoms in total. The van der Waals surface area contributed by atoms with Crippen LogP contribution in [0.25, 0.3) is 10.2 Å². The fourth-order valence-corrected chi connectivity index (χ4v) is 5.12. The Morgan fingerprint density at radius 3 is 2.42 bits per heavy atom. The lowest BCUT2D eigenvalue weighted by atomic mass is 10.2. The molecule has 0 fully saturated rings. The molecular weight excluding hydrogens is 468 g/mol. The minimum absolute atomic E-state index is 0.0971. The van der Waals surface area contributed by atoms with Crippen molar-refractivity contribution in [3.8, 4) is 11.5 Å². The van der Waals surface area contributed by atoms with Gasteiger partial charge >= 0.3 is 5.13 Å². The van der Waals surface area contributed by atoms with Gasteiger partial charge in [-0.2, -0.15) is 5.11 Å². The van der Waals surface area contributed by atoms with Crippen molar-refractivity contribution < 1.29 is 14.0 Å². The number of nitrogens with one attached hydrogen (secondary N) is 2. The number of anilines is 2. The third-order valence-corrected chi connectivity index (χ3v) is 7.23. The largest absolute Gasteiger partial charge is 0.494 e. The molecule has 0 saturated carbocycles. The highest BCUT2D eigenvalue weighted by molar-refractivity contribution is 7.21. The van der Waals surface area contributed by atoms with Crippen LogP contribution in [0.4, 0.5) is 16.5 Å². The second-order valence-electron chi connectivity index (χ2n) is 8.79. The van der Waals surface area contributed by atoms with Crippen LogP contribution in [-0.4, -0.2) is 12.7 Å². The van der Waals surface area contributed by atoms with Crippen LogP contribution in [0.15, 0.2) is 71.8 Å². The molecule has 0 radical (unpaired) electrons. The molecule has 0 atom stereocenters. The van der Waals surface area contributed by atoms with Crippen molar-refractivity contribution in [3.05, 3.63) is 72.3 Å². The van der Waals surface area contributed by atoms with E-state index in [0.29, 0.717) is 18.0 Å². The van der Waals surface area contributed by atoms with Crippen molar-refractivity contribution in [2.45, 2.75) is 59.1 Å². The SMILES string of the molecule is CCCCOc1ccc(Nc2sc3cc(N=N)c(OC(CC)CC)cc3[n+]2Cc2ccccc2)cc1. The summed E-state index contributed by atoms with van der Waals surface area (Å²) in [4.78, 5) is 0. The molecule has 4 rings (SSSR count). The van der Waals surface area contributed by atoms with Gasteiger partial charge in [-0.15, -0.1) is 0 Å². The average Bonchev–Trinajstić information content (AvgIpc) is 3.23. The fraction of sp³-hybridized carbons (Fsp3) is 0.345. The average molecular weight is 504 g/mol. The van der Waals surface area contributed by atoms with Crippen molar-refractivity contribution in [1.29, 1.82) is 5.53 Å². The van der Waals surface area contributed by atoms with Crippen LogP contribution in [0.3, 0.4) is 0 Å². The van der Waals surface area contributed by atoms with Gasteiger partial charge in [0, 0.05) is 6.07 Å². The zero-order valence-corrected chi connectivity index (χ0v) is 22.1. The van der Waals surface area contributed by atoms with Gasteiger partial charge in [-0.05, 0) is 66.5 Å². The molecule has 3 aromatic carbocycles. The molecule has 0 aliphatic heterocycles. The molecule has 4 aromatic rings. The molecule has 0 aliphatic rings. The van der Waals surface area contributed by atoms with Gasteiger partial charge in [-0.25, -0.2) is 15.4 Å². The maximum absolute atomic E-state index is 7.73. The van der Waals surface area contributed by atoms with E-state index in [1.54, 1.807) is 11.3 Å².